The number of hydrogen-bond donors (Lipinski definition) is 1. The van der Waals surface area contributed by atoms with Crippen molar-refractivity contribution in [1.82, 2.24) is 9.80 Å². The number of methoxy groups -OCH3 is 1. The molecule has 0 aliphatic carbocycles. The normalized spacial score (nSPS) is 30.9. The van der Waals surface area contributed by atoms with Gasteiger partial charge in [0.2, 0.25) is 0 Å². The Labute approximate surface area is 126 Å². The third kappa shape index (κ3) is 3.67. The summed E-state index contributed by atoms with van der Waals surface area (Å²) in [5.74, 6) is -0.892. The van der Waals surface area contributed by atoms with Gasteiger partial charge in [-0.05, 0) is 32.6 Å². The summed E-state index contributed by atoms with van der Waals surface area (Å²) < 4.78 is 5.52. The summed E-state index contributed by atoms with van der Waals surface area (Å²) >= 11 is 0. The fraction of sp³-hybridized carbons (Fsp3) is 0.867. The predicted octanol–water partition coefficient (Wildman–Crippen LogP) is 1.94. The highest BCUT2D eigenvalue weighted by atomic mass is 16.5. The Kier molecular flexibility index (Phi) is 5.08. The Balaban J connectivity index is 2.10. The number of ether oxygens (including phenoxy) is 1. The molecule has 2 saturated heterocycles. The van der Waals surface area contributed by atoms with E-state index in [9.17, 15) is 14.7 Å². The van der Waals surface area contributed by atoms with E-state index in [0.717, 1.165) is 32.1 Å². The highest BCUT2D eigenvalue weighted by molar-refractivity contribution is 5.83. The maximum atomic E-state index is 12.8. The monoisotopic (exact) mass is 298 g/mol. The number of carbonyl (C=O) groups excluding carboxylic acids is 1. The lowest BCUT2D eigenvalue weighted by Gasteiger charge is -2.42. The van der Waals surface area contributed by atoms with Crippen LogP contribution in [-0.2, 0) is 9.53 Å². The maximum absolute atomic E-state index is 12.8. The molecule has 2 amide bonds. The van der Waals surface area contributed by atoms with Crippen molar-refractivity contribution in [2.24, 2.45) is 0 Å². The van der Waals surface area contributed by atoms with Crippen LogP contribution in [-0.4, -0.2) is 65.3 Å². The molecular formula is C15H26N2O4. The fourth-order valence-electron chi connectivity index (χ4n) is 3.31. The van der Waals surface area contributed by atoms with Gasteiger partial charge in [-0.1, -0.05) is 12.8 Å². The molecular weight excluding hydrogens is 272 g/mol. The number of aliphatic carboxylic acids is 1. The lowest BCUT2D eigenvalue weighted by Crippen LogP contribution is -2.56. The van der Waals surface area contributed by atoms with E-state index in [1.807, 2.05) is 6.92 Å². The van der Waals surface area contributed by atoms with Crippen molar-refractivity contribution in [1.29, 1.82) is 0 Å². The largest absolute Gasteiger partial charge is 0.480 e. The van der Waals surface area contributed by atoms with Crippen LogP contribution in [0.1, 0.15) is 45.4 Å². The molecule has 2 fully saturated rings. The zero-order chi connectivity index (χ0) is 15.5. The minimum absolute atomic E-state index is 0.146. The molecule has 0 aromatic heterocycles. The number of urea groups is 1. The second kappa shape index (κ2) is 6.64. The molecule has 120 valence electrons. The van der Waals surface area contributed by atoms with E-state index in [-0.39, 0.29) is 11.6 Å². The number of hydrogen-bond acceptors (Lipinski definition) is 3. The van der Waals surface area contributed by atoms with Crippen molar-refractivity contribution in [3.05, 3.63) is 0 Å². The van der Waals surface area contributed by atoms with Gasteiger partial charge in [0.25, 0.3) is 0 Å². The van der Waals surface area contributed by atoms with Crippen LogP contribution in [0.25, 0.3) is 0 Å². The second-order valence-electron chi connectivity index (χ2n) is 6.36. The molecule has 2 aliphatic rings. The topological polar surface area (TPSA) is 70.1 Å². The number of likely N-dealkylation sites (tertiary alicyclic amines) is 2. The highest BCUT2D eigenvalue weighted by Gasteiger charge is 2.38. The molecule has 0 bridgehead atoms. The van der Waals surface area contributed by atoms with Crippen molar-refractivity contribution in [3.63, 3.8) is 0 Å². The van der Waals surface area contributed by atoms with Crippen molar-refractivity contribution < 1.29 is 19.4 Å². The summed E-state index contributed by atoms with van der Waals surface area (Å²) in [7, 11) is 1.67. The van der Waals surface area contributed by atoms with Crippen LogP contribution in [0.15, 0.2) is 0 Å². The van der Waals surface area contributed by atoms with Gasteiger partial charge in [-0.3, -0.25) is 0 Å². The van der Waals surface area contributed by atoms with Gasteiger partial charge in [0, 0.05) is 20.2 Å². The Hall–Kier alpha value is -1.30. The average Bonchev–Trinajstić information content (AvgIpc) is 2.72. The van der Waals surface area contributed by atoms with Crippen LogP contribution in [0.3, 0.4) is 0 Å². The standard InChI is InChI=1S/C15H26N2O4/c1-15(21-2)8-6-9-16(11-15)14(20)17-10-5-3-4-7-12(17)13(18)19/h12H,3-11H2,1-2H3,(H,18,19). The lowest BCUT2D eigenvalue weighted by atomic mass is 9.95. The van der Waals surface area contributed by atoms with E-state index in [1.165, 1.54) is 0 Å². The molecule has 21 heavy (non-hydrogen) atoms. The van der Waals surface area contributed by atoms with Gasteiger partial charge in [-0.2, -0.15) is 0 Å². The predicted molar refractivity (Wildman–Crippen MR) is 78.2 cm³/mol. The molecule has 2 aliphatic heterocycles. The fourth-order valence-corrected chi connectivity index (χ4v) is 3.31. The van der Waals surface area contributed by atoms with Crippen LogP contribution in [0.2, 0.25) is 0 Å². The van der Waals surface area contributed by atoms with Crippen LogP contribution < -0.4 is 0 Å². The van der Waals surface area contributed by atoms with Crippen LogP contribution in [0.5, 0.6) is 0 Å². The zero-order valence-corrected chi connectivity index (χ0v) is 13.0. The number of piperidine rings is 1. The molecule has 1 N–H and O–H groups in total. The van der Waals surface area contributed by atoms with Gasteiger partial charge in [0.15, 0.2) is 0 Å². The summed E-state index contributed by atoms with van der Waals surface area (Å²) in [5, 5.41) is 9.39. The highest BCUT2D eigenvalue weighted by Crippen LogP contribution is 2.26. The number of carboxylic acid groups (broad SMARTS) is 1. The Morgan fingerprint density at radius 1 is 1.19 bits per heavy atom. The zero-order valence-electron chi connectivity index (χ0n) is 13.0. The molecule has 0 radical (unpaired) electrons. The summed E-state index contributed by atoms with van der Waals surface area (Å²) in [4.78, 5) is 27.5. The summed E-state index contributed by atoms with van der Waals surface area (Å²) in [6, 6.07) is -0.831. The maximum Gasteiger partial charge on any atom is 0.326 e. The Bertz CT molecular complexity index is 401. The first-order valence-electron chi connectivity index (χ1n) is 7.80. The van der Waals surface area contributed by atoms with Gasteiger partial charge >= 0.3 is 12.0 Å². The Morgan fingerprint density at radius 3 is 2.62 bits per heavy atom. The number of rotatable bonds is 2. The SMILES string of the molecule is COC1(C)CCCN(C(=O)N2CCCCCC2C(=O)O)C1. The van der Waals surface area contributed by atoms with Crippen LogP contribution in [0.4, 0.5) is 4.79 Å². The third-order valence-electron chi connectivity index (χ3n) is 4.71. The first kappa shape index (κ1) is 16.1. The lowest BCUT2D eigenvalue weighted by molar-refractivity contribution is -0.142. The first-order chi connectivity index (χ1) is 9.97. The number of amides is 2. The molecule has 2 atom stereocenters. The molecule has 0 aromatic carbocycles. The van der Waals surface area contributed by atoms with Gasteiger partial charge in [-0.15, -0.1) is 0 Å². The molecule has 6 heteroatoms. The third-order valence-corrected chi connectivity index (χ3v) is 4.71. The first-order valence-corrected chi connectivity index (χ1v) is 7.80. The van der Waals surface area contributed by atoms with Gasteiger partial charge in [0.05, 0.1) is 12.1 Å². The van der Waals surface area contributed by atoms with Crippen molar-refractivity contribution in [2.45, 2.75) is 57.1 Å². The van der Waals surface area contributed by atoms with Crippen molar-refractivity contribution >= 4 is 12.0 Å². The minimum Gasteiger partial charge on any atom is -0.480 e. The molecule has 0 aromatic rings. The molecule has 0 saturated carbocycles. The van der Waals surface area contributed by atoms with Crippen molar-refractivity contribution in [3.8, 4) is 0 Å². The van der Waals surface area contributed by atoms with E-state index in [2.05, 4.69) is 0 Å². The molecule has 2 heterocycles. The molecule has 0 spiro atoms. The van der Waals surface area contributed by atoms with E-state index in [4.69, 9.17) is 4.74 Å². The number of carbonyl (C=O) groups is 2. The van der Waals surface area contributed by atoms with E-state index in [1.54, 1.807) is 16.9 Å². The second-order valence-corrected chi connectivity index (χ2v) is 6.36. The molecule has 6 nitrogen and oxygen atoms in total. The van der Waals surface area contributed by atoms with Gasteiger partial charge < -0.3 is 19.6 Å². The summed E-state index contributed by atoms with van der Waals surface area (Å²) in [5.41, 5.74) is -0.321. The van der Waals surface area contributed by atoms with E-state index >= 15 is 0 Å². The van der Waals surface area contributed by atoms with Crippen LogP contribution in [0, 0.1) is 0 Å². The van der Waals surface area contributed by atoms with E-state index < -0.39 is 12.0 Å². The van der Waals surface area contributed by atoms with E-state index in [0.29, 0.717) is 26.1 Å². The van der Waals surface area contributed by atoms with Gasteiger partial charge in [-0.25, -0.2) is 9.59 Å². The minimum atomic E-state index is -0.892. The average molecular weight is 298 g/mol. The summed E-state index contributed by atoms with van der Waals surface area (Å²) in [6.45, 7) is 3.76. The van der Waals surface area contributed by atoms with Crippen LogP contribution >= 0.6 is 0 Å². The van der Waals surface area contributed by atoms with Crippen molar-refractivity contribution in [2.75, 3.05) is 26.7 Å². The number of carboxylic acids is 1. The number of nitrogens with zero attached hydrogens (tertiary/aromatic N) is 2. The van der Waals surface area contributed by atoms with Gasteiger partial charge in [0.1, 0.15) is 6.04 Å². The quantitative estimate of drug-likeness (QED) is 0.845. The molecule has 2 unspecified atom stereocenters. The molecule has 2 rings (SSSR count). The smallest absolute Gasteiger partial charge is 0.326 e. The Morgan fingerprint density at radius 2 is 1.95 bits per heavy atom. The summed E-state index contributed by atoms with van der Waals surface area (Å²) in [6.07, 6.45) is 5.11.